The molecule has 1 N–H and O–H groups in total. The first-order chi connectivity index (χ1) is 9.90. The lowest BCUT2D eigenvalue weighted by Crippen LogP contribution is -2.16. The molecular formula is C16H18N4. The first-order valence-corrected chi connectivity index (χ1v) is 6.97. The Morgan fingerprint density at radius 2 is 2.00 bits per heavy atom. The Kier molecular flexibility index (Phi) is 3.74. The van der Waals surface area contributed by atoms with Gasteiger partial charge in [-0.3, -0.25) is 4.57 Å². The van der Waals surface area contributed by atoms with Crippen LogP contribution in [0.25, 0.3) is 16.9 Å². The van der Waals surface area contributed by atoms with E-state index in [0.717, 1.165) is 36.4 Å². The third-order valence-corrected chi connectivity index (χ3v) is 3.29. The van der Waals surface area contributed by atoms with E-state index >= 15 is 0 Å². The minimum atomic E-state index is 0.823. The summed E-state index contributed by atoms with van der Waals surface area (Å²) in [5.41, 5.74) is 3.26. The third kappa shape index (κ3) is 2.42. The largest absolute Gasteiger partial charge is 0.313 e. The summed E-state index contributed by atoms with van der Waals surface area (Å²) in [4.78, 5) is 8.97. The quantitative estimate of drug-likeness (QED) is 0.722. The molecule has 0 radical (unpaired) electrons. The maximum absolute atomic E-state index is 4.53. The molecule has 0 aliphatic rings. The number of para-hydroxylation sites is 2. The van der Waals surface area contributed by atoms with Crippen LogP contribution in [-0.4, -0.2) is 21.1 Å². The molecule has 0 amide bonds. The first-order valence-electron chi connectivity index (χ1n) is 6.97. The van der Waals surface area contributed by atoms with E-state index in [9.17, 15) is 0 Å². The van der Waals surface area contributed by atoms with E-state index in [1.807, 2.05) is 36.8 Å². The highest BCUT2D eigenvalue weighted by molar-refractivity contribution is 5.77. The van der Waals surface area contributed by atoms with Gasteiger partial charge in [0.15, 0.2) is 0 Å². The maximum atomic E-state index is 4.53. The monoisotopic (exact) mass is 266 g/mol. The highest BCUT2D eigenvalue weighted by atomic mass is 15.1. The lowest BCUT2D eigenvalue weighted by Gasteiger charge is -2.10. The Morgan fingerprint density at radius 3 is 2.90 bits per heavy atom. The second-order valence-corrected chi connectivity index (χ2v) is 4.77. The molecule has 0 saturated heterocycles. The van der Waals surface area contributed by atoms with Gasteiger partial charge in [0.25, 0.3) is 0 Å². The van der Waals surface area contributed by atoms with Crippen LogP contribution in [0.15, 0.2) is 48.9 Å². The Balaban J connectivity index is 2.01. The summed E-state index contributed by atoms with van der Waals surface area (Å²) in [6.45, 7) is 4.00. The molecule has 3 aromatic rings. The predicted octanol–water partition coefficient (Wildman–Crippen LogP) is 2.92. The van der Waals surface area contributed by atoms with Crippen LogP contribution in [0.2, 0.25) is 0 Å². The molecule has 4 heteroatoms. The van der Waals surface area contributed by atoms with Crippen molar-refractivity contribution < 1.29 is 0 Å². The van der Waals surface area contributed by atoms with Crippen LogP contribution >= 0.6 is 0 Å². The molecule has 0 spiro atoms. The van der Waals surface area contributed by atoms with Gasteiger partial charge in [0.1, 0.15) is 12.1 Å². The number of nitrogens with zero attached hydrogens (tertiary/aromatic N) is 3. The van der Waals surface area contributed by atoms with E-state index in [1.54, 1.807) is 0 Å². The smallest absolute Gasteiger partial charge is 0.142 e. The topological polar surface area (TPSA) is 42.7 Å². The fraction of sp³-hybridized carbons (Fsp3) is 0.250. The molecule has 0 saturated carbocycles. The Labute approximate surface area is 118 Å². The normalized spacial score (nSPS) is 11.1. The van der Waals surface area contributed by atoms with Gasteiger partial charge in [0.2, 0.25) is 0 Å². The number of nitrogens with one attached hydrogen (secondary N) is 1. The van der Waals surface area contributed by atoms with E-state index in [4.69, 9.17) is 0 Å². The zero-order valence-electron chi connectivity index (χ0n) is 11.6. The Hall–Kier alpha value is -2.20. The molecule has 0 atom stereocenters. The Bertz CT molecular complexity index is 702. The standard InChI is InChI=1S/C16H18N4/c1-2-9-17-11-13-6-5-10-18-16(13)20-12-19-14-7-3-4-8-15(14)20/h3-8,10,12,17H,2,9,11H2,1H3. The molecule has 2 aromatic heterocycles. The van der Waals surface area contributed by atoms with E-state index in [1.165, 1.54) is 5.56 Å². The van der Waals surface area contributed by atoms with Crippen molar-refractivity contribution in [2.45, 2.75) is 19.9 Å². The number of pyridine rings is 1. The molecule has 0 aliphatic carbocycles. The van der Waals surface area contributed by atoms with Gasteiger partial charge in [0.05, 0.1) is 11.0 Å². The van der Waals surface area contributed by atoms with Crippen LogP contribution in [0.4, 0.5) is 0 Å². The lowest BCUT2D eigenvalue weighted by atomic mass is 10.2. The lowest BCUT2D eigenvalue weighted by molar-refractivity contribution is 0.671. The second kappa shape index (κ2) is 5.84. The van der Waals surface area contributed by atoms with E-state index in [-0.39, 0.29) is 0 Å². The molecule has 1 aromatic carbocycles. The van der Waals surface area contributed by atoms with Gasteiger partial charge >= 0.3 is 0 Å². The molecule has 2 heterocycles. The fourth-order valence-corrected chi connectivity index (χ4v) is 2.31. The molecule has 102 valence electrons. The fourth-order valence-electron chi connectivity index (χ4n) is 2.31. The number of fused-ring (bicyclic) bond motifs is 1. The molecule has 0 bridgehead atoms. The van der Waals surface area contributed by atoms with Crippen LogP contribution in [0.3, 0.4) is 0 Å². The van der Waals surface area contributed by atoms with Crippen molar-refractivity contribution in [1.82, 2.24) is 19.9 Å². The SMILES string of the molecule is CCCNCc1cccnc1-n1cnc2ccccc21. The summed E-state index contributed by atoms with van der Waals surface area (Å²) in [6, 6.07) is 12.2. The minimum absolute atomic E-state index is 0.823. The molecule has 0 aliphatic heterocycles. The highest BCUT2D eigenvalue weighted by Crippen LogP contribution is 2.19. The summed E-state index contributed by atoms with van der Waals surface area (Å²) < 4.78 is 2.05. The molecule has 0 unspecified atom stereocenters. The molecule has 3 rings (SSSR count). The van der Waals surface area contributed by atoms with Gasteiger partial charge in [-0.05, 0) is 31.2 Å². The summed E-state index contributed by atoms with van der Waals surface area (Å²) in [5, 5.41) is 3.43. The summed E-state index contributed by atoms with van der Waals surface area (Å²) in [7, 11) is 0. The first kappa shape index (κ1) is 12.8. The number of rotatable bonds is 5. The number of imidazole rings is 1. The number of benzene rings is 1. The van der Waals surface area contributed by atoms with Crippen molar-refractivity contribution in [3.63, 3.8) is 0 Å². The summed E-state index contributed by atoms with van der Waals surface area (Å²) in [6.07, 6.45) is 4.80. The van der Waals surface area contributed by atoms with Crippen molar-refractivity contribution >= 4 is 11.0 Å². The molecular weight excluding hydrogens is 248 g/mol. The number of aromatic nitrogens is 3. The average Bonchev–Trinajstić information content (AvgIpc) is 2.92. The minimum Gasteiger partial charge on any atom is -0.313 e. The summed E-state index contributed by atoms with van der Waals surface area (Å²) in [5.74, 6) is 0.949. The van der Waals surface area contributed by atoms with Gasteiger partial charge in [0, 0.05) is 18.3 Å². The van der Waals surface area contributed by atoms with Crippen LogP contribution < -0.4 is 5.32 Å². The molecule has 0 fully saturated rings. The van der Waals surface area contributed by atoms with Crippen molar-refractivity contribution in [3.8, 4) is 5.82 Å². The number of hydrogen-bond acceptors (Lipinski definition) is 3. The third-order valence-electron chi connectivity index (χ3n) is 3.29. The zero-order valence-corrected chi connectivity index (χ0v) is 11.6. The van der Waals surface area contributed by atoms with Crippen LogP contribution in [0.5, 0.6) is 0 Å². The van der Waals surface area contributed by atoms with Crippen LogP contribution in [0.1, 0.15) is 18.9 Å². The van der Waals surface area contributed by atoms with Crippen molar-refractivity contribution in [2.75, 3.05) is 6.54 Å². The summed E-state index contributed by atoms with van der Waals surface area (Å²) >= 11 is 0. The van der Waals surface area contributed by atoms with Gasteiger partial charge < -0.3 is 5.32 Å². The van der Waals surface area contributed by atoms with E-state index < -0.39 is 0 Å². The zero-order chi connectivity index (χ0) is 13.8. The average molecular weight is 266 g/mol. The van der Waals surface area contributed by atoms with Gasteiger partial charge in [-0.1, -0.05) is 25.1 Å². The van der Waals surface area contributed by atoms with Crippen LogP contribution in [0, 0.1) is 0 Å². The van der Waals surface area contributed by atoms with E-state index in [2.05, 4.69) is 38.9 Å². The van der Waals surface area contributed by atoms with Crippen molar-refractivity contribution in [3.05, 3.63) is 54.5 Å². The van der Waals surface area contributed by atoms with E-state index in [0.29, 0.717) is 0 Å². The predicted molar refractivity (Wildman–Crippen MR) is 80.9 cm³/mol. The molecule has 4 nitrogen and oxygen atoms in total. The van der Waals surface area contributed by atoms with Gasteiger partial charge in [-0.25, -0.2) is 9.97 Å². The Morgan fingerprint density at radius 1 is 1.10 bits per heavy atom. The van der Waals surface area contributed by atoms with Crippen molar-refractivity contribution in [2.24, 2.45) is 0 Å². The maximum Gasteiger partial charge on any atom is 0.142 e. The second-order valence-electron chi connectivity index (χ2n) is 4.77. The van der Waals surface area contributed by atoms with Crippen molar-refractivity contribution in [1.29, 1.82) is 0 Å². The number of hydrogen-bond donors (Lipinski definition) is 1. The highest BCUT2D eigenvalue weighted by Gasteiger charge is 2.09. The molecule has 20 heavy (non-hydrogen) atoms. The van der Waals surface area contributed by atoms with Crippen LogP contribution in [-0.2, 0) is 6.54 Å². The van der Waals surface area contributed by atoms with Gasteiger partial charge in [-0.2, -0.15) is 0 Å². The van der Waals surface area contributed by atoms with Gasteiger partial charge in [-0.15, -0.1) is 0 Å².